The molecule has 0 aromatic carbocycles. The maximum atomic E-state index is 10.2. The molecule has 1 aromatic rings. The van der Waals surface area contributed by atoms with Crippen LogP contribution in [0, 0.1) is 0 Å². The molecule has 1 aromatic heterocycles. The van der Waals surface area contributed by atoms with Crippen LogP contribution in [0.15, 0.2) is 6.33 Å². The van der Waals surface area contributed by atoms with Gasteiger partial charge in [-0.25, -0.2) is 0 Å². The van der Waals surface area contributed by atoms with E-state index in [1.807, 2.05) is 0 Å². The first-order valence-electron chi connectivity index (χ1n) is 2.78. The van der Waals surface area contributed by atoms with E-state index in [0.717, 1.165) is 0 Å². The molecule has 0 spiro atoms. The van der Waals surface area contributed by atoms with Crippen LogP contribution < -0.4 is 5.73 Å². The van der Waals surface area contributed by atoms with Crippen LogP contribution in [0.4, 0.5) is 0 Å². The minimum absolute atomic E-state index is 0.246. The van der Waals surface area contributed by atoms with Crippen LogP contribution in [0.5, 0.6) is 0 Å². The number of amides is 1. The fourth-order valence-electron chi connectivity index (χ4n) is 0.501. The highest BCUT2D eigenvalue weighted by molar-refractivity contribution is 5.73. The van der Waals surface area contributed by atoms with E-state index < -0.39 is 0 Å². The van der Waals surface area contributed by atoms with Crippen LogP contribution in [0.3, 0.4) is 0 Å². The number of primary amides is 1. The number of nitrogens with two attached hydrogens (primary N) is 1. The van der Waals surface area contributed by atoms with E-state index in [4.69, 9.17) is 5.73 Å². The van der Waals surface area contributed by atoms with Crippen molar-refractivity contribution in [2.75, 3.05) is 0 Å². The minimum Gasteiger partial charge on any atom is -0.370 e. The number of tetrazole rings is 1. The van der Waals surface area contributed by atoms with E-state index in [9.17, 15) is 4.79 Å². The molecular formula is C4H7N5O. The number of carbonyl (C=O) groups excluding carboxylic acids is 1. The number of nitrogens with zero attached hydrogens (tertiary/aromatic N) is 4. The lowest BCUT2D eigenvalue weighted by molar-refractivity contribution is -0.118. The number of aryl methyl sites for hydroxylation is 1. The lowest BCUT2D eigenvalue weighted by Crippen LogP contribution is -2.15. The van der Waals surface area contributed by atoms with Crippen molar-refractivity contribution in [1.82, 2.24) is 20.2 Å². The summed E-state index contributed by atoms with van der Waals surface area (Å²) in [5, 5.41) is 10.7. The van der Waals surface area contributed by atoms with Gasteiger partial charge >= 0.3 is 0 Å². The Morgan fingerprint density at radius 2 is 2.50 bits per heavy atom. The molecule has 1 amide bonds. The molecule has 0 saturated carbocycles. The van der Waals surface area contributed by atoms with Gasteiger partial charge in [0.25, 0.3) is 0 Å². The normalized spacial score (nSPS) is 9.60. The van der Waals surface area contributed by atoms with E-state index >= 15 is 0 Å². The van der Waals surface area contributed by atoms with Crippen molar-refractivity contribution in [3.05, 3.63) is 6.33 Å². The lowest BCUT2D eigenvalue weighted by atomic mass is 10.4. The summed E-state index contributed by atoms with van der Waals surface area (Å²) in [6.07, 6.45) is 1.55. The third kappa shape index (κ3) is 1.81. The second kappa shape index (κ2) is 2.90. The average molecular weight is 141 g/mol. The van der Waals surface area contributed by atoms with Gasteiger partial charge < -0.3 is 5.73 Å². The molecule has 0 unspecified atom stereocenters. The van der Waals surface area contributed by atoms with Gasteiger partial charge in [-0.2, -0.15) is 4.80 Å². The maximum Gasteiger partial charge on any atom is 0.219 e. The van der Waals surface area contributed by atoms with Crippen molar-refractivity contribution in [3.63, 3.8) is 0 Å². The van der Waals surface area contributed by atoms with Gasteiger partial charge in [0.05, 0.1) is 6.54 Å². The van der Waals surface area contributed by atoms with E-state index in [2.05, 4.69) is 15.4 Å². The van der Waals surface area contributed by atoms with Gasteiger partial charge in [0.2, 0.25) is 5.91 Å². The van der Waals surface area contributed by atoms with Gasteiger partial charge in [-0.15, -0.1) is 10.2 Å². The summed E-state index contributed by atoms with van der Waals surface area (Å²) in [6.45, 7) is 0.398. The second-order valence-corrected chi connectivity index (χ2v) is 1.75. The monoisotopic (exact) mass is 141 g/mol. The first kappa shape index (κ1) is 6.66. The van der Waals surface area contributed by atoms with E-state index in [0.29, 0.717) is 6.54 Å². The smallest absolute Gasteiger partial charge is 0.219 e. The molecule has 0 fully saturated rings. The summed E-state index contributed by atoms with van der Waals surface area (Å²) >= 11 is 0. The third-order valence-electron chi connectivity index (χ3n) is 0.950. The zero-order valence-electron chi connectivity index (χ0n) is 5.27. The Kier molecular flexibility index (Phi) is 1.93. The summed E-state index contributed by atoms with van der Waals surface area (Å²) in [7, 11) is 0. The summed E-state index contributed by atoms with van der Waals surface area (Å²) in [5.41, 5.74) is 4.88. The van der Waals surface area contributed by atoms with Gasteiger partial charge in [0, 0.05) is 6.42 Å². The van der Waals surface area contributed by atoms with Crippen molar-refractivity contribution in [3.8, 4) is 0 Å². The molecule has 0 bridgehead atoms. The summed E-state index contributed by atoms with van der Waals surface area (Å²) < 4.78 is 0. The molecule has 0 saturated heterocycles. The van der Waals surface area contributed by atoms with E-state index in [-0.39, 0.29) is 12.3 Å². The number of aromatic nitrogens is 4. The Balaban J connectivity index is 2.35. The second-order valence-electron chi connectivity index (χ2n) is 1.75. The molecular weight excluding hydrogens is 134 g/mol. The summed E-state index contributed by atoms with van der Waals surface area (Å²) in [4.78, 5) is 11.5. The van der Waals surface area contributed by atoms with Gasteiger partial charge in [0.15, 0.2) is 6.33 Å². The van der Waals surface area contributed by atoms with Gasteiger partial charge in [-0.05, 0) is 5.21 Å². The number of hydrogen-bond acceptors (Lipinski definition) is 4. The Morgan fingerprint density at radius 3 is 3.00 bits per heavy atom. The first-order chi connectivity index (χ1) is 4.79. The number of rotatable bonds is 3. The quantitative estimate of drug-likeness (QED) is 0.557. The van der Waals surface area contributed by atoms with Gasteiger partial charge in [-0.1, -0.05) is 0 Å². The number of hydrogen-bond donors (Lipinski definition) is 1. The molecule has 1 heterocycles. The Hall–Kier alpha value is -1.46. The van der Waals surface area contributed by atoms with E-state index in [1.165, 1.54) is 11.1 Å². The minimum atomic E-state index is -0.364. The first-order valence-corrected chi connectivity index (χ1v) is 2.78. The van der Waals surface area contributed by atoms with Crippen molar-refractivity contribution in [2.45, 2.75) is 13.0 Å². The Labute approximate surface area is 57.0 Å². The van der Waals surface area contributed by atoms with Crippen LogP contribution in [0.1, 0.15) is 6.42 Å². The molecule has 0 aliphatic rings. The standard InChI is InChI=1S/C4H7N5O/c5-4(10)1-2-9-7-3-6-8-9/h3H,1-2H2,(H2,5,10). The van der Waals surface area contributed by atoms with Crippen LogP contribution in [-0.4, -0.2) is 26.1 Å². The van der Waals surface area contributed by atoms with Crippen molar-refractivity contribution in [1.29, 1.82) is 0 Å². The highest BCUT2D eigenvalue weighted by Gasteiger charge is 1.95. The molecule has 0 radical (unpaired) electrons. The van der Waals surface area contributed by atoms with Crippen molar-refractivity contribution < 1.29 is 4.79 Å². The molecule has 54 valence electrons. The molecule has 10 heavy (non-hydrogen) atoms. The molecule has 1 rings (SSSR count). The summed E-state index contributed by atoms with van der Waals surface area (Å²) in [6, 6.07) is 0. The van der Waals surface area contributed by atoms with Gasteiger partial charge in [0.1, 0.15) is 0 Å². The maximum absolute atomic E-state index is 10.2. The van der Waals surface area contributed by atoms with E-state index in [1.54, 1.807) is 0 Å². The molecule has 6 heteroatoms. The fourth-order valence-corrected chi connectivity index (χ4v) is 0.501. The zero-order chi connectivity index (χ0) is 7.40. The highest BCUT2D eigenvalue weighted by Crippen LogP contribution is 1.80. The average Bonchev–Trinajstić information content (AvgIpc) is 2.34. The highest BCUT2D eigenvalue weighted by atomic mass is 16.1. The van der Waals surface area contributed by atoms with Crippen LogP contribution in [-0.2, 0) is 11.3 Å². The SMILES string of the molecule is NC(=O)CCn1ncnn1. The molecule has 0 atom stereocenters. The van der Waals surface area contributed by atoms with Crippen LogP contribution in [0.25, 0.3) is 0 Å². The van der Waals surface area contributed by atoms with Crippen LogP contribution >= 0.6 is 0 Å². The van der Waals surface area contributed by atoms with Gasteiger partial charge in [-0.3, -0.25) is 4.79 Å². The van der Waals surface area contributed by atoms with Crippen molar-refractivity contribution >= 4 is 5.91 Å². The third-order valence-corrected chi connectivity index (χ3v) is 0.950. The topological polar surface area (TPSA) is 86.7 Å². The zero-order valence-corrected chi connectivity index (χ0v) is 5.27. The number of carbonyl (C=O) groups is 1. The Bertz CT molecular complexity index is 205. The lowest BCUT2D eigenvalue weighted by Gasteiger charge is -1.92. The van der Waals surface area contributed by atoms with Crippen LogP contribution in [0.2, 0.25) is 0 Å². The largest absolute Gasteiger partial charge is 0.370 e. The molecule has 2 N–H and O–H groups in total. The predicted molar refractivity (Wildman–Crippen MR) is 31.6 cm³/mol. The Morgan fingerprint density at radius 1 is 1.70 bits per heavy atom. The molecule has 6 nitrogen and oxygen atoms in total. The predicted octanol–water partition coefficient (Wildman–Crippen LogP) is -1.45. The molecule has 0 aliphatic heterocycles. The molecule has 0 aliphatic carbocycles. The fraction of sp³-hybridized carbons (Fsp3) is 0.500. The summed E-state index contributed by atoms with van der Waals surface area (Å²) in [5.74, 6) is -0.364. The van der Waals surface area contributed by atoms with Crippen molar-refractivity contribution in [2.24, 2.45) is 5.73 Å².